The molecule has 2 aromatic heterocycles. The number of anilines is 1. The van der Waals surface area contributed by atoms with Gasteiger partial charge in [-0.25, -0.2) is 4.98 Å². The molecule has 0 fully saturated rings. The number of carbonyl (C=O) groups is 1. The third kappa shape index (κ3) is 3.51. The second-order valence-electron chi connectivity index (χ2n) is 5.74. The Morgan fingerprint density at radius 1 is 1.12 bits per heavy atom. The summed E-state index contributed by atoms with van der Waals surface area (Å²) >= 11 is 1.56. The van der Waals surface area contributed by atoms with Crippen molar-refractivity contribution in [3.8, 4) is 10.6 Å². The monoisotopic (exact) mass is 337 g/mol. The van der Waals surface area contributed by atoms with Gasteiger partial charge in [-0.15, -0.1) is 11.3 Å². The lowest BCUT2D eigenvalue weighted by atomic mass is 10.1. The largest absolute Gasteiger partial charge is 0.326 e. The summed E-state index contributed by atoms with van der Waals surface area (Å²) in [5, 5.41) is 3.93. The maximum Gasteiger partial charge on any atom is 0.229 e. The highest BCUT2D eigenvalue weighted by atomic mass is 32.1. The molecule has 0 saturated heterocycles. The second kappa shape index (κ2) is 6.93. The summed E-state index contributed by atoms with van der Waals surface area (Å²) in [7, 11) is 0. The number of carbonyl (C=O) groups excluding carboxylic acids is 1. The third-order valence-corrected chi connectivity index (χ3v) is 5.23. The molecular formula is C19H19N3OS. The summed E-state index contributed by atoms with van der Waals surface area (Å²) in [6, 6.07) is 9.79. The minimum absolute atomic E-state index is 0.0169. The van der Waals surface area contributed by atoms with Crippen LogP contribution in [0.5, 0.6) is 0 Å². The van der Waals surface area contributed by atoms with E-state index >= 15 is 0 Å². The van der Waals surface area contributed by atoms with Crippen molar-refractivity contribution in [3.63, 3.8) is 0 Å². The standard InChI is InChI=1S/C19H19N3OS/c1-12-5-4-6-16(13(12)2)22-18(23)11-17-14(3)21-19(24-17)15-7-9-20-10-8-15/h4-10H,11H2,1-3H3,(H,22,23). The lowest BCUT2D eigenvalue weighted by Crippen LogP contribution is -2.15. The summed E-state index contributed by atoms with van der Waals surface area (Å²) in [5.41, 5.74) is 5.07. The zero-order chi connectivity index (χ0) is 17.1. The van der Waals surface area contributed by atoms with E-state index in [9.17, 15) is 4.79 Å². The Morgan fingerprint density at radius 3 is 2.62 bits per heavy atom. The Labute approximate surface area is 145 Å². The van der Waals surface area contributed by atoms with Gasteiger partial charge in [0, 0.05) is 28.5 Å². The van der Waals surface area contributed by atoms with Gasteiger partial charge in [-0.2, -0.15) is 0 Å². The van der Waals surface area contributed by atoms with Gasteiger partial charge in [-0.05, 0) is 50.1 Å². The normalized spacial score (nSPS) is 10.6. The number of nitrogens with zero attached hydrogens (tertiary/aromatic N) is 2. The molecule has 5 heteroatoms. The fourth-order valence-corrected chi connectivity index (χ4v) is 3.50. The lowest BCUT2D eigenvalue weighted by Gasteiger charge is -2.09. The van der Waals surface area contributed by atoms with Gasteiger partial charge in [0.1, 0.15) is 5.01 Å². The summed E-state index contributed by atoms with van der Waals surface area (Å²) < 4.78 is 0. The number of aromatic nitrogens is 2. The summed E-state index contributed by atoms with van der Waals surface area (Å²) in [6.45, 7) is 6.01. The molecular weight excluding hydrogens is 318 g/mol. The Morgan fingerprint density at radius 2 is 1.88 bits per heavy atom. The van der Waals surface area contributed by atoms with E-state index < -0.39 is 0 Å². The number of nitrogens with one attached hydrogen (secondary N) is 1. The van der Waals surface area contributed by atoms with Crippen LogP contribution < -0.4 is 5.32 Å². The summed E-state index contributed by atoms with van der Waals surface area (Å²) in [4.78, 5) is 22.0. The Kier molecular flexibility index (Phi) is 4.71. The van der Waals surface area contributed by atoms with Gasteiger partial charge in [0.15, 0.2) is 0 Å². The minimum atomic E-state index is -0.0169. The number of hydrogen-bond donors (Lipinski definition) is 1. The zero-order valence-corrected chi connectivity index (χ0v) is 14.8. The molecule has 3 aromatic rings. The molecule has 0 unspecified atom stereocenters. The van der Waals surface area contributed by atoms with E-state index in [1.54, 1.807) is 23.7 Å². The number of pyridine rings is 1. The third-order valence-electron chi connectivity index (χ3n) is 4.02. The Hall–Kier alpha value is -2.53. The fraction of sp³-hybridized carbons (Fsp3) is 0.211. The molecule has 1 N–H and O–H groups in total. The van der Waals surface area contributed by atoms with Crippen molar-refractivity contribution in [3.05, 3.63) is 64.4 Å². The summed E-state index contributed by atoms with van der Waals surface area (Å²) in [6.07, 6.45) is 3.83. The average molecular weight is 337 g/mol. The smallest absolute Gasteiger partial charge is 0.229 e. The highest BCUT2D eigenvalue weighted by Gasteiger charge is 2.14. The van der Waals surface area contributed by atoms with E-state index in [0.29, 0.717) is 6.42 Å². The van der Waals surface area contributed by atoms with Crippen LogP contribution in [0.1, 0.15) is 21.7 Å². The first-order valence-corrected chi connectivity index (χ1v) is 8.59. The van der Waals surface area contributed by atoms with Crippen molar-refractivity contribution in [2.45, 2.75) is 27.2 Å². The van der Waals surface area contributed by atoms with Gasteiger partial charge >= 0.3 is 0 Å². The first-order valence-electron chi connectivity index (χ1n) is 7.77. The molecule has 1 amide bonds. The molecule has 24 heavy (non-hydrogen) atoms. The van der Waals surface area contributed by atoms with Gasteiger partial charge in [-0.1, -0.05) is 12.1 Å². The molecule has 0 aliphatic carbocycles. The number of benzene rings is 1. The van der Waals surface area contributed by atoms with Crippen LogP contribution in [0.3, 0.4) is 0 Å². The minimum Gasteiger partial charge on any atom is -0.326 e. The van der Waals surface area contributed by atoms with Crippen LogP contribution in [-0.2, 0) is 11.2 Å². The number of hydrogen-bond acceptors (Lipinski definition) is 4. The molecule has 0 bridgehead atoms. The van der Waals surface area contributed by atoms with Gasteiger partial charge in [0.05, 0.1) is 12.1 Å². The Bertz CT molecular complexity index is 872. The SMILES string of the molecule is Cc1cccc(NC(=O)Cc2sc(-c3ccncc3)nc2C)c1C. The van der Waals surface area contributed by atoms with Crippen LogP contribution in [0, 0.1) is 20.8 Å². The van der Waals surface area contributed by atoms with Crippen LogP contribution in [0.25, 0.3) is 10.6 Å². The van der Waals surface area contributed by atoms with Gasteiger partial charge < -0.3 is 5.32 Å². The quantitative estimate of drug-likeness (QED) is 0.772. The van der Waals surface area contributed by atoms with E-state index in [0.717, 1.165) is 32.4 Å². The molecule has 2 heterocycles. The Balaban J connectivity index is 1.75. The predicted molar refractivity (Wildman–Crippen MR) is 98.3 cm³/mol. The van der Waals surface area contributed by atoms with Crippen LogP contribution in [0.15, 0.2) is 42.7 Å². The highest BCUT2D eigenvalue weighted by molar-refractivity contribution is 7.15. The maximum atomic E-state index is 12.4. The molecule has 0 aliphatic heterocycles. The molecule has 3 rings (SSSR count). The lowest BCUT2D eigenvalue weighted by molar-refractivity contribution is -0.115. The van der Waals surface area contributed by atoms with Crippen LogP contribution in [0.2, 0.25) is 0 Å². The van der Waals surface area contributed by atoms with Gasteiger partial charge in [-0.3, -0.25) is 9.78 Å². The fourth-order valence-electron chi connectivity index (χ4n) is 2.44. The number of aryl methyl sites for hydroxylation is 2. The van der Waals surface area contributed by atoms with Gasteiger partial charge in [0.2, 0.25) is 5.91 Å². The summed E-state index contributed by atoms with van der Waals surface area (Å²) in [5.74, 6) is -0.0169. The number of rotatable bonds is 4. The van der Waals surface area contributed by atoms with Crippen LogP contribution in [0.4, 0.5) is 5.69 Å². The van der Waals surface area contributed by atoms with Crippen molar-refractivity contribution in [2.24, 2.45) is 0 Å². The number of amides is 1. The second-order valence-corrected chi connectivity index (χ2v) is 6.82. The molecule has 1 aromatic carbocycles. The molecule has 0 spiro atoms. The van der Waals surface area contributed by atoms with E-state index in [2.05, 4.69) is 15.3 Å². The van der Waals surface area contributed by atoms with Gasteiger partial charge in [0.25, 0.3) is 0 Å². The first-order chi connectivity index (χ1) is 11.5. The molecule has 0 radical (unpaired) electrons. The van der Waals surface area contributed by atoms with Crippen LogP contribution in [-0.4, -0.2) is 15.9 Å². The topological polar surface area (TPSA) is 54.9 Å². The van der Waals surface area contributed by atoms with E-state index in [4.69, 9.17) is 0 Å². The first kappa shape index (κ1) is 16.3. The molecule has 4 nitrogen and oxygen atoms in total. The molecule has 0 atom stereocenters. The van der Waals surface area contributed by atoms with Crippen molar-refractivity contribution in [1.82, 2.24) is 9.97 Å². The molecule has 122 valence electrons. The van der Waals surface area contributed by atoms with Crippen molar-refractivity contribution >= 4 is 22.9 Å². The predicted octanol–water partition coefficient (Wildman–Crippen LogP) is 4.31. The van der Waals surface area contributed by atoms with Crippen LogP contribution >= 0.6 is 11.3 Å². The van der Waals surface area contributed by atoms with Crippen molar-refractivity contribution < 1.29 is 4.79 Å². The van der Waals surface area contributed by atoms with E-state index in [1.165, 1.54) is 5.56 Å². The van der Waals surface area contributed by atoms with Crippen molar-refractivity contribution in [2.75, 3.05) is 5.32 Å². The maximum absolute atomic E-state index is 12.4. The average Bonchev–Trinajstić information content (AvgIpc) is 2.93. The van der Waals surface area contributed by atoms with E-state index in [-0.39, 0.29) is 5.91 Å². The zero-order valence-electron chi connectivity index (χ0n) is 14.0. The highest BCUT2D eigenvalue weighted by Crippen LogP contribution is 2.28. The van der Waals surface area contributed by atoms with Crippen molar-refractivity contribution in [1.29, 1.82) is 0 Å². The van der Waals surface area contributed by atoms with E-state index in [1.807, 2.05) is 51.1 Å². The number of thiazole rings is 1. The molecule has 0 aliphatic rings. The molecule has 0 saturated carbocycles.